The topological polar surface area (TPSA) is 73.6 Å². The van der Waals surface area contributed by atoms with Crippen LogP contribution >= 0.6 is 0 Å². The summed E-state index contributed by atoms with van der Waals surface area (Å²) in [5.41, 5.74) is 2.06. The van der Waals surface area contributed by atoms with Crippen molar-refractivity contribution >= 4 is 5.91 Å². The number of nitrogens with one attached hydrogen (secondary N) is 1. The molecule has 78 valence electrons. The molecule has 0 aromatic heterocycles. The average molecular weight is 190 g/mol. The minimum atomic E-state index is -0.443. The van der Waals surface area contributed by atoms with Crippen molar-refractivity contribution in [2.75, 3.05) is 20.3 Å². The largest absolute Gasteiger partial charge is 0.385 e. The van der Waals surface area contributed by atoms with Gasteiger partial charge in [-0.2, -0.15) is 0 Å². The Balaban J connectivity index is 3.53. The Kier molecular flexibility index (Phi) is 7.57. The van der Waals surface area contributed by atoms with Crippen molar-refractivity contribution in [3.05, 3.63) is 0 Å². The molecule has 0 heterocycles. The quantitative estimate of drug-likeness (QED) is 0.252. The van der Waals surface area contributed by atoms with E-state index in [9.17, 15) is 4.79 Å². The van der Waals surface area contributed by atoms with Crippen molar-refractivity contribution in [1.82, 2.24) is 5.43 Å². The summed E-state index contributed by atoms with van der Waals surface area (Å²) in [7, 11) is 1.63. The van der Waals surface area contributed by atoms with E-state index >= 15 is 0 Å². The predicted octanol–water partition coefficient (Wildman–Crippen LogP) is -0.192. The molecular formula is C8H18N2O3. The Hall–Kier alpha value is -0.650. The molecule has 0 saturated heterocycles. The molecule has 0 saturated carbocycles. The SMILES string of the molecule is CCC(OCCCOC)C(=O)NN. The van der Waals surface area contributed by atoms with Crippen LogP contribution in [0.3, 0.4) is 0 Å². The smallest absolute Gasteiger partial charge is 0.262 e. The molecule has 0 aromatic rings. The first-order chi connectivity index (χ1) is 6.26. The highest BCUT2D eigenvalue weighted by atomic mass is 16.5. The van der Waals surface area contributed by atoms with E-state index in [1.54, 1.807) is 7.11 Å². The molecule has 0 radical (unpaired) electrons. The van der Waals surface area contributed by atoms with Crippen LogP contribution in [0.1, 0.15) is 19.8 Å². The van der Waals surface area contributed by atoms with Gasteiger partial charge in [0, 0.05) is 20.3 Å². The number of hydrogen-bond donors (Lipinski definition) is 2. The Morgan fingerprint density at radius 1 is 1.54 bits per heavy atom. The lowest BCUT2D eigenvalue weighted by Gasteiger charge is -2.13. The van der Waals surface area contributed by atoms with Gasteiger partial charge in [-0.05, 0) is 12.8 Å². The standard InChI is InChI=1S/C8H18N2O3/c1-3-7(8(11)10-9)13-6-4-5-12-2/h7H,3-6,9H2,1-2H3,(H,10,11). The number of rotatable bonds is 7. The van der Waals surface area contributed by atoms with Crippen molar-refractivity contribution in [2.24, 2.45) is 5.84 Å². The molecule has 5 heteroatoms. The van der Waals surface area contributed by atoms with Gasteiger partial charge in [0.15, 0.2) is 0 Å². The number of hydrazine groups is 1. The molecule has 0 aliphatic rings. The van der Waals surface area contributed by atoms with Crippen molar-refractivity contribution in [3.8, 4) is 0 Å². The van der Waals surface area contributed by atoms with Crippen LogP contribution in [0.2, 0.25) is 0 Å². The van der Waals surface area contributed by atoms with Crippen molar-refractivity contribution < 1.29 is 14.3 Å². The van der Waals surface area contributed by atoms with E-state index < -0.39 is 6.10 Å². The molecule has 1 unspecified atom stereocenters. The second-order valence-corrected chi connectivity index (χ2v) is 2.62. The third kappa shape index (κ3) is 5.57. The Labute approximate surface area is 78.5 Å². The summed E-state index contributed by atoms with van der Waals surface area (Å²) in [6, 6.07) is 0. The third-order valence-electron chi connectivity index (χ3n) is 1.62. The van der Waals surface area contributed by atoms with E-state index in [0.29, 0.717) is 19.6 Å². The first-order valence-electron chi connectivity index (χ1n) is 4.37. The molecule has 0 fully saturated rings. The Morgan fingerprint density at radius 2 is 2.23 bits per heavy atom. The van der Waals surface area contributed by atoms with Crippen molar-refractivity contribution in [1.29, 1.82) is 0 Å². The van der Waals surface area contributed by atoms with E-state index in [-0.39, 0.29) is 5.91 Å². The molecular weight excluding hydrogens is 172 g/mol. The average Bonchev–Trinajstić information content (AvgIpc) is 2.17. The maximum atomic E-state index is 11.0. The van der Waals surface area contributed by atoms with E-state index in [0.717, 1.165) is 6.42 Å². The molecule has 5 nitrogen and oxygen atoms in total. The van der Waals surface area contributed by atoms with Gasteiger partial charge in [0.2, 0.25) is 0 Å². The number of amides is 1. The lowest BCUT2D eigenvalue weighted by atomic mass is 10.2. The first-order valence-corrected chi connectivity index (χ1v) is 4.37. The van der Waals surface area contributed by atoms with Gasteiger partial charge in [-0.15, -0.1) is 0 Å². The fraction of sp³-hybridized carbons (Fsp3) is 0.875. The Bertz CT molecular complexity index is 141. The predicted molar refractivity (Wildman–Crippen MR) is 48.9 cm³/mol. The highest BCUT2D eigenvalue weighted by Gasteiger charge is 2.14. The van der Waals surface area contributed by atoms with Gasteiger partial charge in [0.25, 0.3) is 5.91 Å². The molecule has 0 aromatic carbocycles. The summed E-state index contributed by atoms with van der Waals surface area (Å²) in [5, 5.41) is 0. The highest BCUT2D eigenvalue weighted by molar-refractivity contribution is 5.79. The zero-order chi connectivity index (χ0) is 10.1. The van der Waals surface area contributed by atoms with Gasteiger partial charge >= 0.3 is 0 Å². The van der Waals surface area contributed by atoms with Crippen LogP contribution < -0.4 is 11.3 Å². The van der Waals surface area contributed by atoms with Crippen LogP contribution in [0.25, 0.3) is 0 Å². The summed E-state index contributed by atoms with van der Waals surface area (Å²) < 4.78 is 10.1. The third-order valence-corrected chi connectivity index (χ3v) is 1.62. The molecule has 0 aliphatic carbocycles. The van der Waals surface area contributed by atoms with Gasteiger partial charge in [-0.1, -0.05) is 6.92 Å². The minimum Gasteiger partial charge on any atom is -0.385 e. The molecule has 1 atom stereocenters. The van der Waals surface area contributed by atoms with Crippen LogP contribution in [0.4, 0.5) is 0 Å². The zero-order valence-electron chi connectivity index (χ0n) is 8.21. The second kappa shape index (κ2) is 7.97. The molecule has 0 spiro atoms. The highest BCUT2D eigenvalue weighted by Crippen LogP contribution is 1.98. The monoisotopic (exact) mass is 190 g/mol. The number of nitrogens with two attached hydrogens (primary N) is 1. The van der Waals surface area contributed by atoms with Gasteiger partial charge in [-0.3, -0.25) is 10.2 Å². The number of methoxy groups -OCH3 is 1. The van der Waals surface area contributed by atoms with Gasteiger partial charge < -0.3 is 9.47 Å². The lowest BCUT2D eigenvalue weighted by molar-refractivity contribution is -0.133. The molecule has 0 rings (SSSR count). The van der Waals surface area contributed by atoms with Crippen LogP contribution in [0.5, 0.6) is 0 Å². The fourth-order valence-electron chi connectivity index (χ4n) is 0.901. The second-order valence-electron chi connectivity index (χ2n) is 2.62. The van der Waals surface area contributed by atoms with Crippen LogP contribution in [-0.2, 0) is 14.3 Å². The fourth-order valence-corrected chi connectivity index (χ4v) is 0.901. The summed E-state index contributed by atoms with van der Waals surface area (Å²) in [6.45, 7) is 3.02. The van der Waals surface area contributed by atoms with Gasteiger partial charge in [0.05, 0.1) is 0 Å². The normalized spacial score (nSPS) is 12.5. The molecule has 13 heavy (non-hydrogen) atoms. The lowest BCUT2D eigenvalue weighted by Crippen LogP contribution is -2.40. The summed E-state index contributed by atoms with van der Waals surface area (Å²) in [5.74, 6) is 4.70. The zero-order valence-corrected chi connectivity index (χ0v) is 8.21. The number of hydrogen-bond acceptors (Lipinski definition) is 4. The maximum Gasteiger partial charge on any atom is 0.262 e. The molecule has 3 N–H and O–H groups in total. The molecule has 0 aliphatic heterocycles. The van der Waals surface area contributed by atoms with Crippen LogP contribution in [0.15, 0.2) is 0 Å². The van der Waals surface area contributed by atoms with Crippen molar-refractivity contribution in [2.45, 2.75) is 25.9 Å². The summed E-state index contributed by atoms with van der Waals surface area (Å²) in [4.78, 5) is 11.0. The van der Waals surface area contributed by atoms with Gasteiger partial charge in [-0.25, -0.2) is 5.84 Å². The van der Waals surface area contributed by atoms with Crippen LogP contribution in [-0.4, -0.2) is 32.3 Å². The number of ether oxygens (including phenoxy) is 2. The first kappa shape index (κ1) is 12.3. The summed E-state index contributed by atoms with van der Waals surface area (Å²) >= 11 is 0. The minimum absolute atomic E-state index is 0.278. The van der Waals surface area contributed by atoms with E-state index in [4.69, 9.17) is 15.3 Å². The van der Waals surface area contributed by atoms with Crippen molar-refractivity contribution in [3.63, 3.8) is 0 Å². The summed E-state index contributed by atoms with van der Waals surface area (Å²) in [6.07, 6.45) is 0.961. The number of carbonyl (C=O) groups excluding carboxylic acids is 1. The van der Waals surface area contributed by atoms with E-state index in [1.807, 2.05) is 6.92 Å². The number of carbonyl (C=O) groups is 1. The Morgan fingerprint density at radius 3 is 2.69 bits per heavy atom. The molecule has 0 bridgehead atoms. The van der Waals surface area contributed by atoms with Gasteiger partial charge in [0.1, 0.15) is 6.10 Å². The maximum absolute atomic E-state index is 11.0. The molecule has 1 amide bonds. The van der Waals surface area contributed by atoms with Crippen LogP contribution in [0, 0.1) is 0 Å². The van der Waals surface area contributed by atoms with E-state index in [2.05, 4.69) is 5.43 Å². The van der Waals surface area contributed by atoms with E-state index in [1.165, 1.54) is 0 Å².